The van der Waals surface area contributed by atoms with Crippen LogP contribution in [-0.2, 0) is 9.59 Å². The van der Waals surface area contributed by atoms with E-state index in [1.54, 1.807) is 24.4 Å². The van der Waals surface area contributed by atoms with Crippen LogP contribution in [0.1, 0.15) is 25.1 Å². The summed E-state index contributed by atoms with van der Waals surface area (Å²) in [4.78, 5) is 25.5. The Morgan fingerprint density at radius 2 is 2.27 bits per heavy atom. The Bertz CT molecular complexity index is 335. The van der Waals surface area contributed by atoms with Crippen LogP contribution in [0.25, 0.3) is 0 Å². The number of nitrogens with one attached hydrogen (secondary N) is 1. The molecule has 0 fully saturated rings. The zero-order chi connectivity index (χ0) is 11.3. The third kappa shape index (κ3) is 3.76. The molecular formula is C10H12N2O3. The van der Waals surface area contributed by atoms with Crippen molar-refractivity contribution in [2.24, 2.45) is 0 Å². The van der Waals surface area contributed by atoms with E-state index in [0.29, 0.717) is 5.69 Å². The minimum atomic E-state index is -0.973. The van der Waals surface area contributed by atoms with Gasteiger partial charge < -0.3 is 10.4 Å². The van der Waals surface area contributed by atoms with E-state index in [1.807, 2.05) is 0 Å². The molecule has 0 unspecified atom stereocenters. The fourth-order valence-corrected chi connectivity index (χ4v) is 1.23. The summed E-state index contributed by atoms with van der Waals surface area (Å²) in [6.45, 7) is 1.35. The Balaban J connectivity index is 2.81. The van der Waals surface area contributed by atoms with E-state index in [9.17, 15) is 9.59 Å². The second kappa shape index (κ2) is 5.09. The number of carbonyl (C=O) groups excluding carboxylic acids is 1. The van der Waals surface area contributed by atoms with Crippen molar-refractivity contribution in [2.75, 3.05) is 0 Å². The highest BCUT2D eigenvalue weighted by Gasteiger charge is 2.17. The van der Waals surface area contributed by atoms with E-state index in [1.165, 1.54) is 6.92 Å². The number of hydrogen-bond acceptors (Lipinski definition) is 3. The molecule has 0 aliphatic heterocycles. The van der Waals surface area contributed by atoms with Gasteiger partial charge in [0.25, 0.3) is 0 Å². The van der Waals surface area contributed by atoms with Gasteiger partial charge in [0, 0.05) is 13.1 Å². The molecule has 0 radical (unpaired) electrons. The molecule has 1 rings (SSSR count). The molecule has 0 saturated heterocycles. The summed E-state index contributed by atoms with van der Waals surface area (Å²) < 4.78 is 0. The Labute approximate surface area is 87.1 Å². The van der Waals surface area contributed by atoms with E-state index in [0.717, 1.165) is 0 Å². The molecule has 2 N–H and O–H groups in total. The third-order valence-corrected chi connectivity index (χ3v) is 1.80. The second-order valence-corrected chi connectivity index (χ2v) is 3.11. The molecule has 0 aromatic carbocycles. The molecular weight excluding hydrogens is 196 g/mol. The Kier molecular flexibility index (Phi) is 3.79. The molecule has 0 aliphatic rings. The van der Waals surface area contributed by atoms with E-state index >= 15 is 0 Å². The van der Waals surface area contributed by atoms with Crippen molar-refractivity contribution in [3.63, 3.8) is 0 Å². The molecule has 0 saturated carbocycles. The van der Waals surface area contributed by atoms with Gasteiger partial charge in [0.05, 0.1) is 18.2 Å². The maximum atomic E-state index is 10.9. The number of pyridine rings is 1. The molecule has 5 nitrogen and oxygen atoms in total. The second-order valence-electron chi connectivity index (χ2n) is 3.11. The number of carbonyl (C=O) groups is 2. The highest BCUT2D eigenvalue weighted by Crippen LogP contribution is 2.13. The van der Waals surface area contributed by atoms with Crippen LogP contribution in [0.5, 0.6) is 0 Å². The van der Waals surface area contributed by atoms with E-state index in [2.05, 4.69) is 10.3 Å². The number of aliphatic carboxylic acids is 1. The molecule has 5 heteroatoms. The fraction of sp³-hybridized carbons (Fsp3) is 0.300. The van der Waals surface area contributed by atoms with Crippen molar-refractivity contribution < 1.29 is 14.7 Å². The van der Waals surface area contributed by atoms with Gasteiger partial charge in [0.2, 0.25) is 5.91 Å². The van der Waals surface area contributed by atoms with Crippen LogP contribution < -0.4 is 5.32 Å². The van der Waals surface area contributed by atoms with Crippen molar-refractivity contribution in [3.8, 4) is 0 Å². The number of carboxylic acid groups (broad SMARTS) is 1. The maximum Gasteiger partial charge on any atom is 0.305 e. The Hall–Kier alpha value is -1.91. The molecule has 1 amide bonds. The number of aromatic nitrogens is 1. The van der Waals surface area contributed by atoms with Crippen LogP contribution in [0.2, 0.25) is 0 Å². The maximum absolute atomic E-state index is 10.9. The van der Waals surface area contributed by atoms with Gasteiger partial charge in [-0.25, -0.2) is 0 Å². The molecule has 0 aliphatic carbocycles. The molecule has 1 aromatic rings. The third-order valence-electron chi connectivity index (χ3n) is 1.80. The Morgan fingerprint density at radius 3 is 2.73 bits per heavy atom. The minimum absolute atomic E-state index is 0.170. The van der Waals surface area contributed by atoms with Crippen LogP contribution in [0, 0.1) is 0 Å². The van der Waals surface area contributed by atoms with E-state index in [4.69, 9.17) is 5.11 Å². The molecule has 0 bridgehead atoms. The van der Waals surface area contributed by atoms with Crippen LogP contribution >= 0.6 is 0 Å². The number of carboxylic acids is 1. The van der Waals surface area contributed by atoms with Gasteiger partial charge in [-0.05, 0) is 12.1 Å². The van der Waals surface area contributed by atoms with Gasteiger partial charge in [-0.1, -0.05) is 6.07 Å². The molecule has 15 heavy (non-hydrogen) atoms. The highest BCUT2D eigenvalue weighted by atomic mass is 16.4. The summed E-state index contributed by atoms with van der Waals surface area (Å²) in [5.74, 6) is -1.24. The van der Waals surface area contributed by atoms with E-state index in [-0.39, 0.29) is 12.3 Å². The number of hydrogen-bond donors (Lipinski definition) is 2. The smallest absolute Gasteiger partial charge is 0.305 e. The average Bonchev–Trinajstić information content (AvgIpc) is 2.17. The normalized spacial score (nSPS) is 11.8. The van der Waals surface area contributed by atoms with Gasteiger partial charge in [-0.2, -0.15) is 0 Å². The lowest BCUT2D eigenvalue weighted by atomic mass is 10.1. The van der Waals surface area contributed by atoms with Crippen LogP contribution in [0.4, 0.5) is 0 Å². The summed E-state index contributed by atoms with van der Waals surface area (Å²) in [5, 5.41) is 11.2. The number of nitrogens with zero attached hydrogens (tertiary/aromatic N) is 1. The lowest BCUT2D eigenvalue weighted by Crippen LogP contribution is -2.28. The van der Waals surface area contributed by atoms with Crippen molar-refractivity contribution in [2.45, 2.75) is 19.4 Å². The quantitative estimate of drug-likeness (QED) is 0.764. The molecule has 0 spiro atoms. The van der Waals surface area contributed by atoms with Crippen molar-refractivity contribution in [1.82, 2.24) is 10.3 Å². The average molecular weight is 208 g/mol. The van der Waals surface area contributed by atoms with Gasteiger partial charge in [0.15, 0.2) is 0 Å². The van der Waals surface area contributed by atoms with Gasteiger partial charge >= 0.3 is 5.97 Å². The summed E-state index contributed by atoms with van der Waals surface area (Å²) in [5.41, 5.74) is 0.551. The number of rotatable bonds is 4. The zero-order valence-corrected chi connectivity index (χ0v) is 8.30. The summed E-state index contributed by atoms with van der Waals surface area (Å²) >= 11 is 0. The fourth-order valence-electron chi connectivity index (χ4n) is 1.23. The van der Waals surface area contributed by atoms with Crippen molar-refractivity contribution in [1.29, 1.82) is 0 Å². The van der Waals surface area contributed by atoms with Gasteiger partial charge in [-0.3, -0.25) is 14.6 Å². The number of amides is 1. The highest BCUT2D eigenvalue weighted by molar-refractivity contribution is 5.75. The Morgan fingerprint density at radius 1 is 1.53 bits per heavy atom. The first kappa shape index (κ1) is 11.2. The minimum Gasteiger partial charge on any atom is -0.481 e. The monoisotopic (exact) mass is 208 g/mol. The summed E-state index contributed by atoms with van der Waals surface area (Å²) in [6.07, 6.45) is 1.39. The zero-order valence-electron chi connectivity index (χ0n) is 8.30. The predicted molar refractivity (Wildman–Crippen MR) is 53.0 cm³/mol. The van der Waals surface area contributed by atoms with Gasteiger partial charge in [0.1, 0.15) is 0 Å². The predicted octanol–water partition coefficient (Wildman–Crippen LogP) is 0.734. The van der Waals surface area contributed by atoms with Crippen LogP contribution in [-0.4, -0.2) is 22.0 Å². The van der Waals surface area contributed by atoms with Crippen LogP contribution in [0.3, 0.4) is 0 Å². The molecule has 1 aromatic heterocycles. The first-order chi connectivity index (χ1) is 7.09. The summed E-state index contributed by atoms with van der Waals surface area (Å²) in [6, 6.07) is 4.60. The molecule has 80 valence electrons. The summed E-state index contributed by atoms with van der Waals surface area (Å²) in [7, 11) is 0. The van der Waals surface area contributed by atoms with Crippen LogP contribution in [0.15, 0.2) is 24.4 Å². The topological polar surface area (TPSA) is 79.3 Å². The lowest BCUT2D eigenvalue weighted by Gasteiger charge is -2.14. The molecule has 1 heterocycles. The van der Waals surface area contributed by atoms with E-state index < -0.39 is 12.0 Å². The first-order valence-electron chi connectivity index (χ1n) is 4.49. The van der Waals surface area contributed by atoms with Crippen molar-refractivity contribution >= 4 is 11.9 Å². The largest absolute Gasteiger partial charge is 0.481 e. The van der Waals surface area contributed by atoms with Gasteiger partial charge in [-0.15, -0.1) is 0 Å². The SMILES string of the molecule is CC(=O)N[C@H](CC(=O)O)c1ccccn1. The standard InChI is InChI=1S/C10H12N2O3/c1-7(13)12-9(6-10(14)15)8-4-2-3-5-11-8/h2-5,9H,6H2,1H3,(H,12,13)(H,14,15)/t9-/m1/s1. The first-order valence-corrected chi connectivity index (χ1v) is 4.49. The lowest BCUT2D eigenvalue weighted by molar-refractivity contribution is -0.137. The van der Waals surface area contributed by atoms with Crippen molar-refractivity contribution in [3.05, 3.63) is 30.1 Å². The molecule has 1 atom stereocenters.